The predicted molar refractivity (Wildman–Crippen MR) is 70.2 cm³/mol. The van der Waals surface area contributed by atoms with Gasteiger partial charge in [0, 0.05) is 37.1 Å². The largest absolute Gasteiger partial charge is 0.356 e. The van der Waals surface area contributed by atoms with Crippen LogP contribution < -0.4 is 10.6 Å². The van der Waals surface area contributed by atoms with Crippen LogP contribution >= 0.6 is 11.3 Å². The van der Waals surface area contributed by atoms with Crippen molar-refractivity contribution >= 4 is 17.3 Å². The fourth-order valence-electron chi connectivity index (χ4n) is 1.27. The SMILES string of the molecule is CN=C(NCCc1ncc(C)s1)NC(C)C. The van der Waals surface area contributed by atoms with E-state index in [1.54, 1.807) is 18.4 Å². The van der Waals surface area contributed by atoms with E-state index in [9.17, 15) is 0 Å². The normalized spacial score (nSPS) is 11.9. The van der Waals surface area contributed by atoms with Gasteiger partial charge in [-0.1, -0.05) is 0 Å². The summed E-state index contributed by atoms with van der Waals surface area (Å²) in [5.74, 6) is 0.850. The van der Waals surface area contributed by atoms with Gasteiger partial charge in [0.1, 0.15) is 0 Å². The van der Waals surface area contributed by atoms with Gasteiger partial charge >= 0.3 is 0 Å². The third-order valence-corrected chi connectivity index (χ3v) is 2.92. The molecule has 16 heavy (non-hydrogen) atoms. The van der Waals surface area contributed by atoms with Gasteiger partial charge in [-0.05, 0) is 20.8 Å². The van der Waals surface area contributed by atoms with E-state index in [1.807, 2.05) is 6.20 Å². The van der Waals surface area contributed by atoms with Gasteiger partial charge in [0.2, 0.25) is 0 Å². The van der Waals surface area contributed by atoms with Crippen molar-refractivity contribution in [3.8, 4) is 0 Å². The minimum atomic E-state index is 0.397. The summed E-state index contributed by atoms with van der Waals surface area (Å²) in [6.45, 7) is 7.13. The molecule has 0 radical (unpaired) electrons. The Hall–Kier alpha value is -1.10. The van der Waals surface area contributed by atoms with Crippen LogP contribution in [0.1, 0.15) is 23.7 Å². The van der Waals surface area contributed by atoms with E-state index in [0.29, 0.717) is 6.04 Å². The van der Waals surface area contributed by atoms with Crippen LogP contribution in [0.5, 0.6) is 0 Å². The van der Waals surface area contributed by atoms with Crippen molar-refractivity contribution in [2.24, 2.45) is 4.99 Å². The zero-order chi connectivity index (χ0) is 12.0. The molecule has 1 aromatic rings. The van der Waals surface area contributed by atoms with Gasteiger partial charge in [0.25, 0.3) is 0 Å². The topological polar surface area (TPSA) is 49.3 Å². The van der Waals surface area contributed by atoms with Crippen LogP contribution in [0, 0.1) is 6.92 Å². The number of aliphatic imine (C=N–C) groups is 1. The lowest BCUT2D eigenvalue weighted by molar-refractivity contribution is 0.697. The molecular formula is C11H20N4S. The fourth-order valence-corrected chi connectivity index (χ4v) is 2.06. The number of nitrogens with one attached hydrogen (secondary N) is 2. The van der Waals surface area contributed by atoms with Crippen LogP contribution in [0.25, 0.3) is 0 Å². The fraction of sp³-hybridized carbons (Fsp3) is 0.636. The maximum atomic E-state index is 4.32. The number of hydrogen-bond donors (Lipinski definition) is 2. The molecule has 0 saturated heterocycles. The molecule has 90 valence electrons. The first kappa shape index (κ1) is 13.0. The standard InChI is InChI=1S/C11H20N4S/c1-8(2)15-11(12-4)13-6-5-10-14-7-9(3)16-10/h7-8H,5-6H2,1-4H3,(H2,12,13,15). The monoisotopic (exact) mass is 240 g/mol. The molecule has 0 aliphatic heterocycles. The van der Waals surface area contributed by atoms with Crippen molar-refractivity contribution in [3.63, 3.8) is 0 Å². The van der Waals surface area contributed by atoms with Crippen molar-refractivity contribution in [2.75, 3.05) is 13.6 Å². The molecule has 4 nitrogen and oxygen atoms in total. The third kappa shape index (κ3) is 4.61. The average molecular weight is 240 g/mol. The number of aromatic nitrogens is 1. The van der Waals surface area contributed by atoms with Gasteiger partial charge in [0.05, 0.1) is 5.01 Å². The van der Waals surface area contributed by atoms with Crippen molar-refractivity contribution in [1.29, 1.82) is 0 Å². The molecule has 0 aromatic carbocycles. The molecule has 0 aliphatic carbocycles. The molecule has 0 unspecified atom stereocenters. The predicted octanol–water partition coefficient (Wildman–Crippen LogP) is 1.57. The summed E-state index contributed by atoms with van der Waals surface area (Å²) < 4.78 is 0. The molecule has 0 aliphatic rings. The molecule has 0 atom stereocenters. The lowest BCUT2D eigenvalue weighted by atomic mass is 10.4. The van der Waals surface area contributed by atoms with E-state index in [1.165, 1.54) is 9.88 Å². The zero-order valence-corrected chi connectivity index (χ0v) is 11.2. The maximum Gasteiger partial charge on any atom is 0.191 e. The zero-order valence-electron chi connectivity index (χ0n) is 10.4. The second-order valence-corrected chi connectivity index (χ2v) is 5.23. The Morgan fingerprint density at radius 1 is 1.56 bits per heavy atom. The molecule has 2 N–H and O–H groups in total. The average Bonchev–Trinajstić information content (AvgIpc) is 2.62. The molecular weight excluding hydrogens is 220 g/mol. The number of rotatable bonds is 4. The summed E-state index contributed by atoms with van der Waals surface area (Å²) in [6, 6.07) is 0.397. The molecule has 0 spiro atoms. The summed E-state index contributed by atoms with van der Waals surface area (Å²) in [6.07, 6.45) is 2.86. The molecule has 0 fully saturated rings. The number of guanidine groups is 1. The lowest BCUT2D eigenvalue weighted by Gasteiger charge is -2.13. The highest BCUT2D eigenvalue weighted by Gasteiger charge is 2.01. The number of aryl methyl sites for hydroxylation is 1. The molecule has 0 bridgehead atoms. The molecule has 5 heteroatoms. The summed E-state index contributed by atoms with van der Waals surface area (Å²) in [7, 11) is 1.78. The van der Waals surface area contributed by atoms with Crippen molar-refractivity contribution in [2.45, 2.75) is 33.2 Å². The van der Waals surface area contributed by atoms with Gasteiger partial charge in [0.15, 0.2) is 5.96 Å². The first-order valence-corrected chi connectivity index (χ1v) is 6.32. The second-order valence-electron chi connectivity index (χ2n) is 3.91. The van der Waals surface area contributed by atoms with Gasteiger partial charge in [-0.2, -0.15) is 0 Å². The summed E-state index contributed by atoms with van der Waals surface area (Å²) in [5.41, 5.74) is 0. The van der Waals surface area contributed by atoms with Crippen LogP contribution in [-0.2, 0) is 6.42 Å². The number of hydrogen-bond acceptors (Lipinski definition) is 3. The Bertz CT molecular complexity index is 344. The minimum absolute atomic E-state index is 0.397. The lowest BCUT2D eigenvalue weighted by Crippen LogP contribution is -2.41. The summed E-state index contributed by atoms with van der Waals surface area (Å²) in [5, 5.41) is 7.68. The van der Waals surface area contributed by atoms with Crippen LogP contribution in [0.4, 0.5) is 0 Å². The molecule has 0 amide bonds. The van der Waals surface area contributed by atoms with Crippen LogP contribution in [-0.4, -0.2) is 30.6 Å². The molecule has 1 heterocycles. The van der Waals surface area contributed by atoms with Gasteiger partial charge in [-0.15, -0.1) is 11.3 Å². The van der Waals surface area contributed by atoms with Crippen LogP contribution in [0.2, 0.25) is 0 Å². The van der Waals surface area contributed by atoms with Crippen LogP contribution in [0.15, 0.2) is 11.2 Å². The maximum absolute atomic E-state index is 4.32. The highest BCUT2D eigenvalue weighted by Crippen LogP contribution is 2.10. The summed E-state index contributed by atoms with van der Waals surface area (Å²) >= 11 is 1.75. The quantitative estimate of drug-likeness (QED) is 0.620. The smallest absolute Gasteiger partial charge is 0.191 e. The third-order valence-electron chi connectivity index (χ3n) is 1.95. The van der Waals surface area contributed by atoms with E-state index in [2.05, 4.69) is 41.4 Å². The summed E-state index contributed by atoms with van der Waals surface area (Å²) in [4.78, 5) is 9.72. The highest BCUT2D eigenvalue weighted by atomic mass is 32.1. The van der Waals surface area contributed by atoms with Gasteiger partial charge in [-0.25, -0.2) is 4.98 Å². The van der Waals surface area contributed by atoms with E-state index in [-0.39, 0.29) is 0 Å². The highest BCUT2D eigenvalue weighted by molar-refractivity contribution is 7.11. The minimum Gasteiger partial charge on any atom is -0.356 e. The Morgan fingerprint density at radius 2 is 2.31 bits per heavy atom. The number of nitrogens with zero attached hydrogens (tertiary/aromatic N) is 2. The molecule has 0 saturated carbocycles. The first-order chi connectivity index (χ1) is 7.61. The van der Waals surface area contributed by atoms with Gasteiger partial charge in [-0.3, -0.25) is 4.99 Å². The van der Waals surface area contributed by atoms with E-state index < -0.39 is 0 Å². The molecule has 1 rings (SSSR count). The van der Waals surface area contributed by atoms with Gasteiger partial charge < -0.3 is 10.6 Å². The Kier molecular flexibility index (Phi) is 5.25. The number of thiazole rings is 1. The second kappa shape index (κ2) is 6.48. The Balaban J connectivity index is 2.29. The van der Waals surface area contributed by atoms with E-state index in [0.717, 1.165) is 18.9 Å². The van der Waals surface area contributed by atoms with Crippen LogP contribution in [0.3, 0.4) is 0 Å². The first-order valence-electron chi connectivity index (χ1n) is 5.50. The Morgan fingerprint density at radius 3 is 2.81 bits per heavy atom. The van der Waals surface area contributed by atoms with Crippen molar-refractivity contribution in [1.82, 2.24) is 15.6 Å². The van der Waals surface area contributed by atoms with E-state index in [4.69, 9.17) is 0 Å². The van der Waals surface area contributed by atoms with E-state index >= 15 is 0 Å². The van der Waals surface area contributed by atoms with Crippen molar-refractivity contribution in [3.05, 3.63) is 16.1 Å². The Labute approximate surface area is 101 Å². The van der Waals surface area contributed by atoms with Crippen molar-refractivity contribution < 1.29 is 0 Å². The molecule has 1 aromatic heterocycles.